The second kappa shape index (κ2) is 6.13. The maximum Gasteiger partial charge on any atom is 0.410 e. The van der Waals surface area contributed by atoms with Crippen molar-refractivity contribution in [3.63, 3.8) is 0 Å². The van der Waals surface area contributed by atoms with Gasteiger partial charge in [0, 0.05) is 5.56 Å². The van der Waals surface area contributed by atoms with Crippen LogP contribution in [-0.4, -0.2) is 36.8 Å². The molecule has 5 nitrogen and oxygen atoms in total. The van der Waals surface area contributed by atoms with E-state index in [1.54, 1.807) is 12.0 Å². The number of hydrogen-bond donors (Lipinski definition) is 1. The van der Waals surface area contributed by atoms with E-state index < -0.39 is 0 Å². The lowest BCUT2D eigenvalue weighted by Gasteiger charge is -2.32. The molecule has 0 aromatic heterocycles. The number of ether oxygens (including phenoxy) is 2. The van der Waals surface area contributed by atoms with Gasteiger partial charge in [0.15, 0.2) is 0 Å². The number of amides is 1. The minimum Gasteiger partial charge on any atom is -0.496 e. The van der Waals surface area contributed by atoms with Crippen LogP contribution in [0.5, 0.6) is 5.75 Å². The molecule has 5 heteroatoms. The number of benzene rings is 1. The Kier molecular flexibility index (Phi) is 4.49. The predicted octanol–water partition coefficient (Wildman–Crippen LogP) is 2.15. The number of cyclic esters (lactones) is 1. The average Bonchev–Trinajstić information content (AvgIpc) is 2.74. The van der Waals surface area contributed by atoms with Gasteiger partial charge >= 0.3 is 6.09 Å². The van der Waals surface area contributed by atoms with Crippen molar-refractivity contribution in [2.75, 3.05) is 20.3 Å². The third-order valence-corrected chi connectivity index (χ3v) is 3.82. The Morgan fingerprint density at radius 2 is 2.20 bits per heavy atom. The fourth-order valence-electron chi connectivity index (χ4n) is 2.54. The maximum absolute atomic E-state index is 12.0. The van der Waals surface area contributed by atoms with Crippen molar-refractivity contribution in [3.8, 4) is 5.75 Å². The molecule has 1 aliphatic rings. The van der Waals surface area contributed by atoms with Crippen LogP contribution >= 0.6 is 0 Å². The molecule has 1 fully saturated rings. The van der Waals surface area contributed by atoms with E-state index in [0.717, 1.165) is 24.2 Å². The first-order valence-corrected chi connectivity index (χ1v) is 6.87. The average molecular weight is 278 g/mol. The van der Waals surface area contributed by atoms with E-state index in [-0.39, 0.29) is 11.6 Å². The summed E-state index contributed by atoms with van der Waals surface area (Å²) >= 11 is 0. The minimum absolute atomic E-state index is 0.268. The molecule has 110 valence electrons. The molecule has 1 unspecified atom stereocenters. The molecular formula is C15H22N2O3. The van der Waals surface area contributed by atoms with Gasteiger partial charge in [-0.2, -0.15) is 0 Å². The fraction of sp³-hybridized carbons (Fsp3) is 0.533. The molecule has 1 amide bonds. The molecule has 0 aliphatic carbocycles. The van der Waals surface area contributed by atoms with Gasteiger partial charge in [-0.1, -0.05) is 18.2 Å². The van der Waals surface area contributed by atoms with Gasteiger partial charge in [-0.15, -0.1) is 0 Å². The Labute approximate surface area is 119 Å². The van der Waals surface area contributed by atoms with E-state index in [9.17, 15) is 4.79 Å². The summed E-state index contributed by atoms with van der Waals surface area (Å²) in [4.78, 5) is 13.8. The van der Waals surface area contributed by atoms with Gasteiger partial charge in [-0.05, 0) is 32.4 Å². The highest BCUT2D eigenvalue weighted by Gasteiger charge is 2.43. The highest BCUT2D eigenvalue weighted by Crippen LogP contribution is 2.32. The molecule has 2 N–H and O–H groups in total. The predicted molar refractivity (Wildman–Crippen MR) is 76.6 cm³/mol. The highest BCUT2D eigenvalue weighted by atomic mass is 16.6. The summed E-state index contributed by atoms with van der Waals surface area (Å²) in [5.41, 5.74) is 6.26. The Balaban J connectivity index is 2.18. The minimum atomic E-state index is -0.294. The normalized spacial score (nSPS) is 21.9. The van der Waals surface area contributed by atoms with E-state index in [1.165, 1.54) is 0 Å². The number of rotatable bonds is 6. The van der Waals surface area contributed by atoms with E-state index in [4.69, 9.17) is 15.2 Å². The van der Waals surface area contributed by atoms with Crippen LogP contribution in [0.2, 0.25) is 0 Å². The van der Waals surface area contributed by atoms with Crippen molar-refractivity contribution >= 4 is 6.09 Å². The Bertz CT molecular complexity index is 478. The van der Waals surface area contributed by atoms with Crippen molar-refractivity contribution in [1.82, 2.24) is 4.90 Å². The van der Waals surface area contributed by atoms with Gasteiger partial charge < -0.3 is 15.2 Å². The Morgan fingerprint density at radius 3 is 2.90 bits per heavy atom. The van der Waals surface area contributed by atoms with Crippen LogP contribution in [0, 0.1) is 0 Å². The summed E-state index contributed by atoms with van der Waals surface area (Å²) in [6.07, 6.45) is 1.44. The molecular weight excluding hydrogens is 256 g/mol. The van der Waals surface area contributed by atoms with Gasteiger partial charge in [0.2, 0.25) is 0 Å². The lowest BCUT2D eigenvalue weighted by atomic mass is 9.95. The summed E-state index contributed by atoms with van der Waals surface area (Å²) in [7, 11) is 1.63. The van der Waals surface area contributed by atoms with Crippen molar-refractivity contribution in [2.45, 2.75) is 31.8 Å². The van der Waals surface area contributed by atoms with Crippen molar-refractivity contribution in [2.24, 2.45) is 5.73 Å². The number of para-hydroxylation sites is 1. The van der Waals surface area contributed by atoms with Gasteiger partial charge in [0.25, 0.3) is 0 Å². The molecule has 1 saturated heterocycles. The quantitative estimate of drug-likeness (QED) is 0.866. The zero-order valence-corrected chi connectivity index (χ0v) is 12.1. The second-order valence-electron chi connectivity index (χ2n) is 5.34. The van der Waals surface area contributed by atoms with Gasteiger partial charge in [0.1, 0.15) is 12.4 Å². The van der Waals surface area contributed by atoms with E-state index in [2.05, 4.69) is 0 Å². The number of carbonyl (C=O) groups is 1. The van der Waals surface area contributed by atoms with Crippen LogP contribution in [0.4, 0.5) is 4.79 Å². The molecule has 0 bridgehead atoms. The van der Waals surface area contributed by atoms with Crippen molar-refractivity contribution in [3.05, 3.63) is 29.8 Å². The second-order valence-corrected chi connectivity index (χ2v) is 5.34. The van der Waals surface area contributed by atoms with E-state index in [0.29, 0.717) is 19.7 Å². The monoisotopic (exact) mass is 278 g/mol. The molecule has 1 heterocycles. The summed E-state index contributed by atoms with van der Waals surface area (Å²) in [6, 6.07) is 7.72. The van der Waals surface area contributed by atoms with E-state index in [1.807, 2.05) is 31.2 Å². The smallest absolute Gasteiger partial charge is 0.410 e. The van der Waals surface area contributed by atoms with E-state index >= 15 is 0 Å². The van der Waals surface area contributed by atoms with Crippen LogP contribution in [0.15, 0.2) is 24.3 Å². The fourth-order valence-corrected chi connectivity index (χ4v) is 2.54. The summed E-state index contributed by atoms with van der Waals surface area (Å²) < 4.78 is 10.6. The summed E-state index contributed by atoms with van der Waals surface area (Å²) in [5, 5.41) is 0. The molecule has 1 aromatic rings. The topological polar surface area (TPSA) is 64.8 Å². The molecule has 0 spiro atoms. The lowest BCUT2D eigenvalue weighted by molar-refractivity contribution is 0.146. The Morgan fingerprint density at radius 1 is 1.45 bits per heavy atom. The number of hydrogen-bond acceptors (Lipinski definition) is 4. The molecule has 1 aromatic carbocycles. The molecule has 2 rings (SSSR count). The zero-order valence-electron chi connectivity index (χ0n) is 12.1. The largest absolute Gasteiger partial charge is 0.496 e. The highest BCUT2D eigenvalue weighted by molar-refractivity contribution is 5.71. The van der Waals surface area contributed by atoms with Gasteiger partial charge in [-0.25, -0.2) is 4.79 Å². The third-order valence-electron chi connectivity index (χ3n) is 3.82. The van der Waals surface area contributed by atoms with Crippen LogP contribution in [0.25, 0.3) is 0 Å². The lowest BCUT2D eigenvalue weighted by Crippen LogP contribution is -2.44. The van der Waals surface area contributed by atoms with Crippen LogP contribution in [0.1, 0.15) is 25.3 Å². The van der Waals surface area contributed by atoms with Crippen LogP contribution in [-0.2, 0) is 11.3 Å². The number of methoxy groups -OCH3 is 1. The van der Waals surface area contributed by atoms with Crippen LogP contribution in [0.3, 0.4) is 0 Å². The molecule has 20 heavy (non-hydrogen) atoms. The molecule has 0 radical (unpaired) electrons. The number of carbonyl (C=O) groups excluding carboxylic acids is 1. The molecule has 1 aliphatic heterocycles. The SMILES string of the molecule is COc1ccccc1CN1C(=O)OCC1(C)CCCN. The first-order valence-electron chi connectivity index (χ1n) is 6.87. The first-order chi connectivity index (χ1) is 9.60. The molecule has 0 saturated carbocycles. The maximum atomic E-state index is 12.0. The molecule has 1 atom stereocenters. The number of nitrogens with zero attached hydrogens (tertiary/aromatic N) is 1. The number of nitrogens with two attached hydrogens (primary N) is 1. The van der Waals surface area contributed by atoms with Crippen LogP contribution < -0.4 is 10.5 Å². The van der Waals surface area contributed by atoms with Gasteiger partial charge in [0.05, 0.1) is 19.2 Å². The van der Waals surface area contributed by atoms with Gasteiger partial charge in [-0.3, -0.25) is 4.90 Å². The van der Waals surface area contributed by atoms with Crippen molar-refractivity contribution in [1.29, 1.82) is 0 Å². The summed E-state index contributed by atoms with van der Waals surface area (Å²) in [6.45, 7) is 3.57. The first kappa shape index (κ1) is 14.7. The standard InChI is InChI=1S/C15H22N2O3/c1-15(8-5-9-16)11-20-14(18)17(15)10-12-6-3-4-7-13(12)19-2/h3-4,6-7H,5,8-11,16H2,1-2H3. The summed E-state index contributed by atoms with van der Waals surface area (Å²) in [5.74, 6) is 0.786. The zero-order chi connectivity index (χ0) is 14.6. The van der Waals surface area contributed by atoms with Crippen molar-refractivity contribution < 1.29 is 14.3 Å². The third kappa shape index (κ3) is 2.88. The Hall–Kier alpha value is -1.75.